The molecular formula is C17H26N2O4S. The summed E-state index contributed by atoms with van der Waals surface area (Å²) in [5.74, 6) is 1.29. The summed E-state index contributed by atoms with van der Waals surface area (Å²) < 4.78 is 40.1. The fourth-order valence-electron chi connectivity index (χ4n) is 3.65. The van der Waals surface area contributed by atoms with Crippen molar-refractivity contribution in [1.29, 1.82) is 0 Å². The molecule has 0 spiro atoms. The summed E-state index contributed by atoms with van der Waals surface area (Å²) in [6.07, 6.45) is 4.74. The molecule has 0 amide bonds. The quantitative estimate of drug-likeness (QED) is 0.815. The fourth-order valence-corrected chi connectivity index (χ4v) is 5.58. The summed E-state index contributed by atoms with van der Waals surface area (Å²) in [5, 5.41) is 0. The molecule has 7 heteroatoms. The van der Waals surface area contributed by atoms with Gasteiger partial charge >= 0.3 is 0 Å². The maximum atomic E-state index is 13.0. The van der Waals surface area contributed by atoms with E-state index >= 15 is 0 Å². The van der Waals surface area contributed by atoms with Crippen molar-refractivity contribution in [2.45, 2.75) is 38.1 Å². The predicted octanol–water partition coefficient (Wildman–Crippen LogP) is 2.57. The molecule has 2 heterocycles. The molecule has 2 aliphatic rings. The van der Waals surface area contributed by atoms with E-state index < -0.39 is 10.2 Å². The lowest BCUT2D eigenvalue weighted by molar-refractivity contribution is 0.295. The van der Waals surface area contributed by atoms with E-state index in [1.165, 1.54) is 0 Å². The van der Waals surface area contributed by atoms with E-state index in [0.717, 1.165) is 37.7 Å². The van der Waals surface area contributed by atoms with E-state index in [1.807, 2.05) is 18.2 Å². The predicted molar refractivity (Wildman–Crippen MR) is 92.6 cm³/mol. The summed E-state index contributed by atoms with van der Waals surface area (Å²) >= 11 is 0. The molecule has 2 fully saturated rings. The second-order valence-electron chi connectivity index (χ2n) is 6.35. The number of piperidine rings is 1. The van der Waals surface area contributed by atoms with Gasteiger partial charge in [-0.3, -0.25) is 0 Å². The second-order valence-corrected chi connectivity index (χ2v) is 8.23. The lowest BCUT2D eigenvalue weighted by Gasteiger charge is -2.33. The lowest BCUT2D eigenvalue weighted by atomic mass is 10.0. The van der Waals surface area contributed by atoms with Crippen LogP contribution in [0.25, 0.3) is 0 Å². The Bertz CT molecular complexity index is 671. The minimum absolute atomic E-state index is 0.128. The van der Waals surface area contributed by atoms with Crippen LogP contribution in [0.1, 0.15) is 43.7 Å². The van der Waals surface area contributed by atoms with Crippen LogP contribution in [-0.4, -0.2) is 50.9 Å². The first-order valence-corrected chi connectivity index (χ1v) is 9.96. The highest BCUT2D eigenvalue weighted by atomic mass is 32.2. The van der Waals surface area contributed by atoms with Gasteiger partial charge in [0.05, 0.1) is 20.3 Å². The highest BCUT2D eigenvalue weighted by molar-refractivity contribution is 7.86. The molecule has 1 atom stereocenters. The second kappa shape index (κ2) is 7.29. The van der Waals surface area contributed by atoms with E-state index in [9.17, 15) is 8.42 Å². The van der Waals surface area contributed by atoms with Crippen LogP contribution in [0.5, 0.6) is 11.5 Å². The molecule has 6 nitrogen and oxygen atoms in total. The fraction of sp³-hybridized carbons (Fsp3) is 0.647. The molecule has 0 saturated carbocycles. The Morgan fingerprint density at radius 3 is 2.33 bits per heavy atom. The molecule has 0 unspecified atom stereocenters. The molecule has 0 radical (unpaired) electrons. The summed E-state index contributed by atoms with van der Waals surface area (Å²) in [6, 6.07) is 5.55. The van der Waals surface area contributed by atoms with Gasteiger partial charge in [-0.05, 0) is 43.4 Å². The molecule has 24 heavy (non-hydrogen) atoms. The van der Waals surface area contributed by atoms with Crippen molar-refractivity contribution in [3.05, 3.63) is 23.8 Å². The van der Waals surface area contributed by atoms with Gasteiger partial charge in [0.15, 0.2) is 11.5 Å². The van der Waals surface area contributed by atoms with Crippen LogP contribution in [0.3, 0.4) is 0 Å². The van der Waals surface area contributed by atoms with Gasteiger partial charge in [-0.15, -0.1) is 0 Å². The minimum Gasteiger partial charge on any atom is -0.493 e. The number of hydrogen-bond donors (Lipinski definition) is 0. The Morgan fingerprint density at radius 1 is 0.958 bits per heavy atom. The zero-order chi connectivity index (χ0) is 17.2. The van der Waals surface area contributed by atoms with E-state index in [0.29, 0.717) is 31.1 Å². The topological polar surface area (TPSA) is 59.1 Å². The zero-order valence-corrected chi connectivity index (χ0v) is 15.2. The highest BCUT2D eigenvalue weighted by Crippen LogP contribution is 2.39. The first kappa shape index (κ1) is 17.5. The third-order valence-corrected chi connectivity index (χ3v) is 6.98. The standard InChI is InChI=1S/C17H26N2O4S/c1-22-16-9-8-14(13-17(16)23-2)15-7-6-12-19(15)24(20,21)18-10-4-3-5-11-18/h8-9,13,15H,3-7,10-12H2,1-2H3/t15-/m0/s1. The summed E-state index contributed by atoms with van der Waals surface area (Å²) in [6.45, 7) is 1.85. The van der Waals surface area contributed by atoms with Crippen molar-refractivity contribution in [1.82, 2.24) is 8.61 Å². The normalized spacial score (nSPS) is 23.3. The number of benzene rings is 1. The molecule has 0 aromatic heterocycles. The van der Waals surface area contributed by atoms with Gasteiger partial charge in [0.25, 0.3) is 10.2 Å². The van der Waals surface area contributed by atoms with E-state index in [4.69, 9.17) is 9.47 Å². The van der Waals surface area contributed by atoms with Crippen molar-refractivity contribution < 1.29 is 17.9 Å². The average molecular weight is 354 g/mol. The van der Waals surface area contributed by atoms with Gasteiger partial charge in [0.2, 0.25) is 0 Å². The van der Waals surface area contributed by atoms with Gasteiger partial charge in [0, 0.05) is 19.6 Å². The zero-order valence-electron chi connectivity index (χ0n) is 14.4. The van der Waals surface area contributed by atoms with E-state index in [-0.39, 0.29) is 6.04 Å². The van der Waals surface area contributed by atoms with Gasteiger partial charge in [-0.2, -0.15) is 17.0 Å². The highest BCUT2D eigenvalue weighted by Gasteiger charge is 2.39. The maximum Gasteiger partial charge on any atom is 0.282 e. The van der Waals surface area contributed by atoms with Crippen LogP contribution in [0.2, 0.25) is 0 Å². The van der Waals surface area contributed by atoms with Crippen LogP contribution in [0.4, 0.5) is 0 Å². The average Bonchev–Trinajstić information content (AvgIpc) is 3.12. The molecule has 0 bridgehead atoms. The van der Waals surface area contributed by atoms with Crippen molar-refractivity contribution in [2.75, 3.05) is 33.9 Å². The van der Waals surface area contributed by atoms with E-state index in [1.54, 1.807) is 22.8 Å². The van der Waals surface area contributed by atoms with Crippen molar-refractivity contribution >= 4 is 10.2 Å². The molecule has 0 aliphatic carbocycles. The Balaban J connectivity index is 1.87. The van der Waals surface area contributed by atoms with Crippen molar-refractivity contribution in [3.63, 3.8) is 0 Å². The molecule has 134 valence electrons. The molecular weight excluding hydrogens is 328 g/mol. The SMILES string of the molecule is COc1ccc([C@@H]2CCCN2S(=O)(=O)N2CCCCC2)cc1OC. The van der Waals surface area contributed by atoms with Gasteiger partial charge in [-0.1, -0.05) is 12.5 Å². The monoisotopic (exact) mass is 354 g/mol. The molecule has 1 aromatic rings. The van der Waals surface area contributed by atoms with Crippen LogP contribution in [0, 0.1) is 0 Å². The maximum absolute atomic E-state index is 13.0. The van der Waals surface area contributed by atoms with Crippen LogP contribution in [0.15, 0.2) is 18.2 Å². The number of ether oxygens (including phenoxy) is 2. The third kappa shape index (κ3) is 3.25. The summed E-state index contributed by atoms with van der Waals surface area (Å²) in [4.78, 5) is 0. The number of methoxy groups -OCH3 is 2. The smallest absolute Gasteiger partial charge is 0.282 e. The van der Waals surface area contributed by atoms with Gasteiger partial charge in [0.1, 0.15) is 0 Å². The lowest BCUT2D eigenvalue weighted by Crippen LogP contribution is -2.45. The number of hydrogen-bond acceptors (Lipinski definition) is 4. The van der Waals surface area contributed by atoms with Crippen molar-refractivity contribution in [2.24, 2.45) is 0 Å². The molecule has 2 aliphatic heterocycles. The molecule has 1 aromatic carbocycles. The largest absolute Gasteiger partial charge is 0.493 e. The van der Waals surface area contributed by atoms with E-state index in [2.05, 4.69) is 0 Å². The minimum atomic E-state index is -3.40. The van der Waals surface area contributed by atoms with Crippen LogP contribution < -0.4 is 9.47 Å². The molecule has 0 N–H and O–H groups in total. The van der Waals surface area contributed by atoms with Gasteiger partial charge in [-0.25, -0.2) is 0 Å². The Hall–Kier alpha value is -1.31. The Morgan fingerprint density at radius 2 is 1.67 bits per heavy atom. The van der Waals surface area contributed by atoms with Crippen molar-refractivity contribution in [3.8, 4) is 11.5 Å². The van der Waals surface area contributed by atoms with Gasteiger partial charge < -0.3 is 9.47 Å². The number of rotatable bonds is 5. The molecule has 2 saturated heterocycles. The molecule has 3 rings (SSSR count). The third-order valence-electron chi connectivity index (χ3n) is 4.93. The summed E-state index contributed by atoms with van der Waals surface area (Å²) in [7, 11) is -0.207. The van der Waals surface area contributed by atoms with Crippen LogP contribution >= 0.6 is 0 Å². The summed E-state index contributed by atoms with van der Waals surface area (Å²) in [5.41, 5.74) is 0.964. The Kier molecular flexibility index (Phi) is 5.32. The first-order valence-electron chi connectivity index (χ1n) is 8.57. The number of nitrogens with zero attached hydrogens (tertiary/aromatic N) is 2. The first-order chi connectivity index (χ1) is 11.6. The van der Waals surface area contributed by atoms with Crippen LogP contribution in [-0.2, 0) is 10.2 Å². The Labute approximate surface area is 144 Å².